The molecule has 0 radical (unpaired) electrons. The molecule has 0 bridgehead atoms. The first-order chi connectivity index (χ1) is 11.8. The van der Waals surface area contributed by atoms with E-state index in [2.05, 4.69) is 4.99 Å². The van der Waals surface area contributed by atoms with Gasteiger partial charge >= 0.3 is 0 Å². The van der Waals surface area contributed by atoms with Crippen molar-refractivity contribution in [2.45, 2.75) is 19.5 Å². The maximum atomic E-state index is 13.2. The van der Waals surface area contributed by atoms with Gasteiger partial charge < -0.3 is 4.74 Å². The molecule has 1 heterocycles. The molecule has 0 aliphatic carbocycles. The summed E-state index contributed by atoms with van der Waals surface area (Å²) in [6.07, 6.45) is 0. The van der Waals surface area contributed by atoms with E-state index >= 15 is 0 Å². The van der Waals surface area contributed by atoms with Crippen molar-refractivity contribution in [3.8, 4) is 5.75 Å². The zero-order valence-corrected chi connectivity index (χ0v) is 14.9. The van der Waals surface area contributed by atoms with Crippen LogP contribution in [0.25, 0.3) is 0 Å². The molecule has 4 nitrogen and oxygen atoms in total. The number of hydrogen-bond acceptors (Lipinski definition) is 4. The minimum atomic E-state index is -0.822. The minimum absolute atomic E-state index is 0.237. The number of benzene rings is 2. The molecule has 0 N–H and O–H groups in total. The molecule has 1 aliphatic rings. The van der Waals surface area contributed by atoms with E-state index in [-0.39, 0.29) is 11.7 Å². The lowest BCUT2D eigenvalue weighted by molar-refractivity contribution is 0.0758. The fourth-order valence-electron chi connectivity index (χ4n) is 2.73. The monoisotopic (exact) mass is 356 g/mol. The number of aliphatic imine (C=N–C) groups is 1. The summed E-state index contributed by atoms with van der Waals surface area (Å²) < 4.78 is 18.3. The van der Waals surface area contributed by atoms with Crippen LogP contribution in [0.15, 0.2) is 53.5 Å². The second-order valence-electron chi connectivity index (χ2n) is 6.14. The molecule has 3 rings (SSSR count). The molecular formula is C19H17FN2O2S. The van der Waals surface area contributed by atoms with Crippen molar-refractivity contribution in [3.05, 3.63) is 65.5 Å². The molecule has 2 aromatic rings. The Hall–Kier alpha value is -2.60. The van der Waals surface area contributed by atoms with Crippen LogP contribution >= 0.6 is 12.2 Å². The fraction of sp³-hybridized carbons (Fsp3) is 0.211. The first-order valence-electron chi connectivity index (χ1n) is 7.72. The number of hydrogen-bond donors (Lipinski definition) is 0. The molecular weight excluding hydrogens is 339 g/mol. The Balaban J connectivity index is 1.93. The summed E-state index contributed by atoms with van der Waals surface area (Å²) in [5.41, 5.74) is 0.871. The molecule has 0 aromatic heterocycles. The standard InChI is InChI=1S/C19H17FN2O2S/c1-19(2)21-16(12-4-8-14(20)9-5-12)18(25)22(19)17(23)13-6-10-15(24-3)11-7-13/h4-11H,1-3H3. The highest BCUT2D eigenvalue weighted by atomic mass is 32.1. The van der Waals surface area contributed by atoms with E-state index in [0.29, 0.717) is 27.6 Å². The van der Waals surface area contributed by atoms with Crippen LogP contribution in [0.5, 0.6) is 5.75 Å². The van der Waals surface area contributed by atoms with E-state index in [9.17, 15) is 9.18 Å². The van der Waals surface area contributed by atoms with Crippen molar-refractivity contribution in [2.75, 3.05) is 7.11 Å². The molecule has 0 saturated carbocycles. The van der Waals surface area contributed by atoms with Crippen LogP contribution in [-0.4, -0.2) is 34.3 Å². The van der Waals surface area contributed by atoms with E-state index in [4.69, 9.17) is 17.0 Å². The molecule has 0 atom stereocenters. The van der Waals surface area contributed by atoms with E-state index in [0.717, 1.165) is 0 Å². The average Bonchev–Trinajstić information content (AvgIpc) is 2.84. The predicted octanol–water partition coefficient (Wildman–Crippen LogP) is 3.84. The van der Waals surface area contributed by atoms with Crippen LogP contribution < -0.4 is 4.74 Å². The maximum Gasteiger partial charge on any atom is 0.260 e. The number of amides is 1. The third-order valence-electron chi connectivity index (χ3n) is 4.00. The highest BCUT2D eigenvalue weighted by Gasteiger charge is 2.42. The number of thiocarbonyl (C=S) groups is 1. The van der Waals surface area contributed by atoms with Crippen LogP contribution in [-0.2, 0) is 0 Å². The van der Waals surface area contributed by atoms with E-state index in [1.54, 1.807) is 43.5 Å². The van der Waals surface area contributed by atoms with E-state index < -0.39 is 5.66 Å². The normalized spacial score (nSPS) is 15.9. The summed E-state index contributed by atoms with van der Waals surface area (Å²) in [6, 6.07) is 12.7. The SMILES string of the molecule is COc1ccc(C(=O)N2C(=S)C(c3ccc(F)cc3)=NC2(C)C)cc1. The van der Waals surface area contributed by atoms with Crippen LogP contribution in [0.2, 0.25) is 0 Å². The largest absolute Gasteiger partial charge is 0.497 e. The number of nitrogens with zero attached hydrogens (tertiary/aromatic N) is 2. The van der Waals surface area contributed by atoms with Gasteiger partial charge in [0.25, 0.3) is 5.91 Å². The van der Waals surface area contributed by atoms with Gasteiger partial charge in [0, 0.05) is 11.1 Å². The Morgan fingerprint density at radius 2 is 1.72 bits per heavy atom. The Morgan fingerprint density at radius 1 is 1.12 bits per heavy atom. The number of ether oxygens (including phenoxy) is 1. The van der Waals surface area contributed by atoms with Crippen molar-refractivity contribution in [2.24, 2.45) is 4.99 Å². The molecule has 1 amide bonds. The van der Waals surface area contributed by atoms with E-state index in [1.807, 2.05) is 13.8 Å². The second-order valence-corrected chi connectivity index (χ2v) is 6.52. The molecule has 2 aromatic carbocycles. The summed E-state index contributed by atoms with van der Waals surface area (Å²) in [5.74, 6) is 0.0975. The van der Waals surface area contributed by atoms with Crippen molar-refractivity contribution >= 4 is 28.8 Å². The van der Waals surface area contributed by atoms with Crippen LogP contribution in [0, 0.1) is 5.82 Å². The van der Waals surface area contributed by atoms with Crippen LogP contribution in [0.1, 0.15) is 29.8 Å². The highest BCUT2D eigenvalue weighted by molar-refractivity contribution is 7.82. The lowest BCUT2D eigenvalue weighted by atomic mass is 10.1. The van der Waals surface area contributed by atoms with Gasteiger partial charge in [0.1, 0.15) is 27.9 Å². The van der Waals surface area contributed by atoms with Crippen LogP contribution in [0.4, 0.5) is 4.39 Å². The molecule has 0 unspecified atom stereocenters. The molecule has 0 spiro atoms. The number of rotatable bonds is 3. The quantitative estimate of drug-likeness (QED) is 0.785. The summed E-state index contributed by atoms with van der Waals surface area (Å²) in [6.45, 7) is 3.63. The molecule has 6 heteroatoms. The smallest absolute Gasteiger partial charge is 0.260 e. The van der Waals surface area contributed by atoms with Gasteiger partial charge in [-0.2, -0.15) is 0 Å². The lowest BCUT2D eigenvalue weighted by Crippen LogP contribution is -2.46. The maximum absolute atomic E-state index is 13.2. The van der Waals surface area contributed by atoms with Crippen molar-refractivity contribution in [1.29, 1.82) is 0 Å². The lowest BCUT2D eigenvalue weighted by Gasteiger charge is -2.29. The topological polar surface area (TPSA) is 41.9 Å². The zero-order chi connectivity index (χ0) is 18.2. The average molecular weight is 356 g/mol. The van der Waals surface area contributed by atoms with Gasteiger partial charge in [-0.1, -0.05) is 12.2 Å². The van der Waals surface area contributed by atoms with Crippen molar-refractivity contribution < 1.29 is 13.9 Å². The van der Waals surface area contributed by atoms with Gasteiger partial charge in [-0.3, -0.25) is 14.7 Å². The summed E-state index contributed by atoms with van der Waals surface area (Å²) >= 11 is 5.51. The van der Waals surface area contributed by atoms with Crippen LogP contribution in [0.3, 0.4) is 0 Å². The highest BCUT2D eigenvalue weighted by Crippen LogP contribution is 2.29. The van der Waals surface area contributed by atoms with Crippen molar-refractivity contribution in [1.82, 2.24) is 4.90 Å². The van der Waals surface area contributed by atoms with E-state index in [1.165, 1.54) is 17.0 Å². The van der Waals surface area contributed by atoms with Crippen molar-refractivity contribution in [3.63, 3.8) is 0 Å². The first kappa shape index (κ1) is 17.2. The number of carbonyl (C=O) groups excluding carboxylic acids is 1. The first-order valence-corrected chi connectivity index (χ1v) is 8.13. The number of methoxy groups -OCH3 is 1. The summed E-state index contributed by atoms with van der Waals surface area (Å²) in [5, 5.41) is 0. The number of carbonyl (C=O) groups is 1. The Labute approximate surface area is 150 Å². The third kappa shape index (κ3) is 3.17. The van der Waals surface area contributed by atoms with Gasteiger partial charge in [-0.25, -0.2) is 4.39 Å². The van der Waals surface area contributed by atoms with Gasteiger partial charge in [0.05, 0.1) is 7.11 Å². The van der Waals surface area contributed by atoms with Gasteiger partial charge in [-0.15, -0.1) is 0 Å². The second kappa shape index (κ2) is 6.37. The minimum Gasteiger partial charge on any atom is -0.497 e. The molecule has 128 valence electrons. The fourth-order valence-corrected chi connectivity index (χ4v) is 3.19. The van der Waals surface area contributed by atoms with Gasteiger partial charge in [-0.05, 0) is 62.4 Å². The molecule has 25 heavy (non-hydrogen) atoms. The summed E-state index contributed by atoms with van der Waals surface area (Å²) in [7, 11) is 1.57. The van der Waals surface area contributed by atoms with Gasteiger partial charge in [0.2, 0.25) is 0 Å². The Bertz CT molecular complexity index is 858. The Kier molecular flexibility index (Phi) is 4.39. The van der Waals surface area contributed by atoms with Gasteiger partial charge in [0.15, 0.2) is 0 Å². The third-order valence-corrected chi connectivity index (χ3v) is 4.37. The predicted molar refractivity (Wildman–Crippen MR) is 98.8 cm³/mol. The number of halogens is 1. The molecule has 0 saturated heterocycles. The zero-order valence-electron chi connectivity index (χ0n) is 14.1. The molecule has 0 fully saturated rings. The molecule has 1 aliphatic heterocycles. The summed E-state index contributed by atoms with van der Waals surface area (Å²) in [4.78, 5) is 19.4. The Morgan fingerprint density at radius 3 is 2.28 bits per heavy atom.